The molecule has 0 saturated carbocycles. The Kier molecular flexibility index (Phi) is 7.26. The SMILES string of the molecule is Cn1c(COc2cc(Cl)ccc2Cl)nnc1SCC(=O)Nc1sc2c(c1C#N)CCCC2. The lowest BCUT2D eigenvalue weighted by Gasteiger charge is -2.09. The summed E-state index contributed by atoms with van der Waals surface area (Å²) in [6.07, 6.45) is 4.10. The van der Waals surface area contributed by atoms with Crippen molar-refractivity contribution in [1.29, 1.82) is 5.26 Å². The van der Waals surface area contributed by atoms with Crippen LogP contribution >= 0.6 is 46.3 Å². The molecule has 1 N–H and O–H groups in total. The number of nitrogens with zero attached hydrogens (tertiary/aromatic N) is 4. The fourth-order valence-corrected chi connectivity index (χ4v) is 5.71. The number of aromatic nitrogens is 3. The van der Waals surface area contributed by atoms with Crippen LogP contribution in [0.1, 0.15) is 34.7 Å². The third kappa shape index (κ3) is 5.04. The van der Waals surface area contributed by atoms with E-state index in [2.05, 4.69) is 21.6 Å². The van der Waals surface area contributed by atoms with Gasteiger partial charge in [-0.3, -0.25) is 4.79 Å². The molecule has 1 amide bonds. The number of carbonyl (C=O) groups is 1. The highest BCUT2D eigenvalue weighted by Crippen LogP contribution is 2.37. The lowest BCUT2D eigenvalue weighted by atomic mass is 9.96. The van der Waals surface area contributed by atoms with E-state index < -0.39 is 0 Å². The number of hydrogen-bond acceptors (Lipinski definition) is 7. The number of aryl methyl sites for hydroxylation is 1. The van der Waals surface area contributed by atoms with Crippen molar-refractivity contribution in [2.45, 2.75) is 37.4 Å². The normalized spacial score (nSPS) is 12.8. The molecule has 4 rings (SSSR count). The average Bonchev–Trinajstić information content (AvgIpc) is 3.32. The Labute approximate surface area is 203 Å². The monoisotopic (exact) mass is 507 g/mol. The zero-order valence-corrected chi connectivity index (χ0v) is 20.3. The summed E-state index contributed by atoms with van der Waals surface area (Å²) < 4.78 is 7.48. The lowest BCUT2D eigenvalue weighted by Crippen LogP contribution is -2.14. The van der Waals surface area contributed by atoms with Crippen LogP contribution in [-0.2, 0) is 31.3 Å². The van der Waals surface area contributed by atoms with Crippen LogP contribution in [0.3, 0.4) is 0 Å². The first kappa shape index (κ1) is 22.9. The highest BCUT2D eigenvalue weighted by Gasteiger charge is 2.22. The molecule has 0 spiro atoms. The molecule has 1 aromatic carbocycles. The molecule has 0 atom stereocenters. The Hall–Kier alpha value is -2.25. The summed E-state index contributed by atoms with van der Waals surface area (Å²) in [5.41, 5.74) is 1.71. The van der Waals surface area contributed by atoms with Crippen LogP contribution in [0.25, 0.3) is 0 Å². The van der Waals surface area contributed by atoms with Crippen molar-refractivity contribution in [3.63, 3.8) is 0 Å². The second kappa shape index (κ2) is 10.1. The Morgan fingerprint density at radius 3 is 2.97 bits per heavy atom. The Balaban J connectivity index is 1.35. The quantitative estimate of drug-likeness (QED) is 0.439. The summed E-state index contributed by atoms with van der Waals surface area (Å²) in [7, 11) is 1.81. The van der Waals surface area contributed by atoms with Crippen LogP contribution in [0.2, 0.25) is 10.0 Å². The Morgan fingerprint density at radius 1 is 1.34 bits per heavy atom. The van der Waals surface area contributed by atoms with Gasteiger partial charge in [0.2, 0.25) is 5.91 Å². The molecule has 0 saturated heterocycles. The first-order valence-electron chi connectivity index (χ1n) is 9.89. The number of benzene rings is 1. The molecule has 0 fully saturated rings. The Bertz CT molecular complexity index is 1200. The number of hydrogen-bond donors (Lipinski definition) is 1. The van der Waals surface area contributed by atoms with Crippen LogP contribution < -0.4 is 10.1 Å². The number of amides is 1. The molecule has 166 valence electrons. The number of thioether (sulfide) groups is 1. The molecule has 3 aromatic rings. The number of anilines is 1. The van der Waals surface area contributed by atoms with Crippen molar-refractivity contribution in [3.05, 3.63) is 50.1 Å². The van der Waals surface area contributed by atoms with Gasteiger partial charge in [0.25, 0.3) is 0 Å². The largest absolute Gasteiger partial charge is 0.484 e. The molecule has 11 heteroatoms. The number of rotatable bonds is 7. The summed E-state index contributed by atoms with van der Waals surface area (Å²) >= 11 is 14.9. The molecule has 0 bridgehead atoms. The third-order valence-corrected chi connectivity index (χ3v) is 7.82. The highest BCUT2D eigenvalue weighted by molar-refractivity contribution is 7.99. The molecular weight excluding hydrogens is 489 g/mol. The maximum atomic E-state index is 12.5. The van der Waals surface area contributed by atoms with Crippen LogP contribution in [0.4, 0.5) is 5.00 Å². The number of halogens is 2. The Morgan fingerprint density at radius 2 is 2.16 bits per heavy atom. The van der Waals surface area contributed by atoms with Gasteiger partial charge in [-0.15, -0.1) is 21.5 Å². The molecular formula is C21H19Cl2N5O2S2. The average molecular weight is 508 g/mol. The van der Waals surface area contributed by atoms with Crippen molar-refractivity contribution in [1.82, 2.24) is 14.8 Å². The van der Waals surface area contributed by atoms with Gasteiger partial charge in [0.1, 0.15) is 23.4 Å². The van der Waals surface area contributed by atoms with E-state index in [1.165, 1.54) is 28.0 Å². The number of ether oxygens (including phenoxy) is 1. The molecule has 1 aliphatic carbocycles. The lowest BCUT2D eigenvalue weighted by molar-refractivity contribution is -0.113. The molecule has 0 unspecified atom stereocenters. The molecule has 32 heavy (non-hydrogen) atoms. The summed E-state index contributed by atoms with van der Waals surface area (Å²) in [4.78, 5) is 13.7. The maximum Gasteiger partial charge on any atom is 0.235 e. The van der Waals surface area contributed by atoms with E-state index in [-0.39, 0.29) is 18.3 Å². The van der Waals surface area contributed by atoms with Gasteiger partial charge in [-0.05, 0) is 43.4 Å². The van der Waals surface area contributed by atoms with Crippen LogP contribution in [0.15, 0.2) is 23.4 Å². The van der Waals surface area contributed by atoms with E-state index in [0.29, 0.717) is 37.3 Å². The fraction of sp³-hybridized carbons (Fsp3) is 0.333. The minimum Gasteiger partial charge on any atom is -0.484 e. The zero-order chi connectivity index (χ0) is 22.7. The van der Waals surface area contributed by atoms with Gasteiger partial charge < -0.3 is 14.6 Å². The predicted molar refractivity (Wildman–Crippen MR) is 127 cm³/mol. The van der Waals surface area contributed by atoms with Crippen molar-refractivity contribution in [3.8, 4) is 11.8 Å². The molecule has 0 aliphatic heterocycles. The molecule has 7 nitrogen and oxygen atoms in total. The van der Waals surface area contributed by atoms with Crippen molar-refractivity contribution in [2.75, 3.05) is 11.1 Å². The van der Waals surface area contributed by atoms with Crippen molar-refractivity contribution in [2.24, 2.45) is 7.05 Å². The van der Waals surface area contributed by atoms with Crippen LogP contribution in [-0.4, -0.2) is 26.4 Å². The van der Waals surface area contributed by atoms with Crippen molar-refractivity contribution < 1.29 is 9.53 Å². The zero-order valence-electron chi connectivity index (χ0n) is 17.2. The van der Waals surface area contributed by atoms with Gasteiger partial charge in [0.05, 0.1) is 16.3 Å². The maximum absolute atomic E-state index is 12.5. The van der Waals surface area contributed by atoms with E-state index in [4.69, 9.17) is 27.9 Å². The van der Waals surface area contributed by atoms with Gasteiger partial charge in [-0.2, -0.15) is 5.26 Å². The summed E-state index contributed by atoms with van der Waals surface area (Å²) in [5.74, 6) is 1.02. The number of fused-ring (bicyclic) bond motifs is 1. The molecule has 2 aromatic heterocycles. The minimum atomic E-state index is -0.184. The number of thiophene rings is 1. The summed E-state index contributed by atoms with van der Waals surface area (Å²) in [6, 6.07) is 7.25. The topological polar surface area (TPSA) is 92.8 Å². The standard InChI is InChI=1S/C21H19Cl2N5O2S2/c1-28-18(10-30-16-8-12(22)6-7-15(16)23)26-27-21(28)31-11-19(29)25-20-14(9-24)13-4-2-3-5-17(13)32-20/h6-8H,2-5,10-11H2,1H3,(H,25,29). The second-order valence-corrected chi connectivity index (χ2v) is 10.1. The highest BCUT2D eigenvalue weighted by atomic mass is 35.5. The van der Waals surface area contributed by atoms with E-state index in [1.54, 1.807) is 29.8 Å². The minimum absolute atomic E-state index is 0.153. The number of nitrogens with one attached hydrogen (secondary N) is 1. The van der Waals surface area contributed by atoms with Gasteiger partial charge in [0.15, 0.2) is 11.0 Å². The van der Waals surface area contributed by atoms with Gasteiger partial charge in [0, 0.05) is 23.0 Å². The van der Waals surface area contributed by atoms with E-state index in [9.17, 15) is 10.1 Å². The van der Waals surface area contributed by atoms with E-state index >= 15 is 0 Å². The van der Waals surface area contributed by atoms with Gasteiger partial charge in [-0.25, -0.2) is 0 Å². The second-order valence-electron chi connectivity index (χ2n) is 7.18. The summed E-state index contributed by atoms with van der Waals surface area (Å²) in [5, 5.41) is 22.9. The predicted octanol–water partition coefficient (Wildman–Crippen LogP) is 5.24. The molecule has 0 radical (unpaired) electrons. The van der Waals surface area contributed by atoms with Gasteiger partial charge >= 0.3 is 0 Å². The van der Waals surface area contributed by atoms with Gasteiger partial charge in [-0.1, -0.05) is 35.0 Å². The van der Waals surface area contributed by atoms with Crippen LogP contribution in [0, 0.1) is 11.3 Å². The smallest absolute Gasteiger partial charge is 0.235 e. The first-order chi connectivity index (χ1) is 15.5. The molecule has 1 aliphatic rings. The summed E-state index contributed by atoms with van der Waals surface area (Å²) in [6.45, 7) is 0.155. The molecule has 2 heterocycles. The van der Waals surface area contributed by atoms with E-state index in [0.717, 1.165) is 31.2 Å². The number of nitriles is 1. The number of carbonyl (C=O) groups excluding carboxylic acids is 1. The first-order valence-corrected chi connectivity index (χ1v) is 12.5. The van der Waals surface area contributed by atoms with Crippen molar-refractivity contribution >= 4 is 57.2 Å². The third-order valence-electron chi connectivity index (χ3n) is 5.04. The fourth-order valence-electron chi connectivity index (χ4n) is 3.39. The van der Waals surface area contributed by atoms with Crippen LogP contribution in [0.5, 0.6) is 5.75 Å². The van der Waals surface area contributed by atoms with E-state index in [1.807, 2.05) is 0 Å².